The molecule has 3 rings (SSSR count). The number of thiocarbonyl (C=S) groups is 1. The molecule has 0 bridgehead atoms. The molecule has 1 amide bonds. The van der Waals surface area contributed by atoms with Gasteiger partial charge >= 0.3 is 0 Å². The van der Waals surface area contributed by atoms with Crippen LogP contribution in [-0.2, 0) is 11.3 Å². The van der Waals surface area contributed by atoms with E-state index in [2.05, 4.69) is 45.6 Å². The molecule has 0 spiro atoms. The predicted molar refractivity (Wildman–Crippen MR) is 163 cm³/mol. The van der Waals surface area contributed by atoms with Crippen LogP contribution in [0.15, 0.2) is 9.70 Å². The summed E-state index contributed by atoms with van der Waals surface area (Å²) in [6.07, 6.45) is 9.23. The topological polar surface area (TPSA) is 69.3 Å². The Labute approximate surface area is 238 Å². The number of pyridine rings is 1. The van der Waals surface area contributed by atoms with E-state index in [1.54, 1.807) is 9.47 Å². The Hall–Kier alpha value is -2.11. The van der Waals surface area contributed by atoms with Gasteiger partial charge in [-0.05, 0) is 55.6 Å². The lowest BCUT2D eigenvalue weighted by molar-refractivity contribution is -0.122. The van der Waals surface area contributed by atoms with Crippen LogP contribution < -0.4 is 10.5 Å². The summed E-state index contributed by atoms with van der Waals surface area (Å²) in [6, 6.07) is 2.17. The van der Waals surface area contributed by atoms with Gasteiger partial charge in [0.2, 0.25) is 0 Å². The van der Waals surface area contributed by atoms with Gasteiger partial charge in [-0.25, -0.2) is 0 Å². The average molecular weight is 557 g/mol. The van der Waals surface area contributed by atoms with Crippen LogP contribution in [0.5, 0.6) is 0 Å². The molecular weight excluding hydrogens is 512 g/mol. The van der Waals surface area contributed by atoms with E-state index in [9.17, 15) is 14.9 Å². The Bertz CT molecular complexity index is 1160. The van der Waals surface area contributed by atoms with Crippen molar-refractivity contribution in [3.63, 3.8) is 0 Å². The SMILES string of the molecule is CCCCC(CC)CN1C(=O)/C(=C\c2c(C)c(C#N)c(=O)n(CCCC)c2N2CC(C)CC(C)C2)SC1=S. The summed E-state index contributed by atoms with van der Waals surface area (Å²) >= 11 is 7.01. The molecule has 3 atom stereocenters. The van der Waals surface area contributed by atoms with Crippen molar-refractivity contribution in [3.8, 4) is 6.07 Å². The highest BCUT2D eigenvalue weighted by Gasteiger charge is 2.35. The van der Waals surface area contributed by atoms with E-state index in [-0.39, 0.29) is 17.0 Å². The first-order chi connectivity index (χ1) is 18.2. The standard InChI is InChI=1S/C30H44N4O2S2/c1-7-10-12-23(9-3)19-34-29(36)26(38-30(34)37)15-24-22(6)25(16-31)28(35)33(13-11-8-2)27(24)32-17-20(4)14-21(5)18-32/h15,20-21,23H,7-14,17-19H2,1-6H3/b26-15+. The third-order valence-electron chi connectivity index (χ3n) is 7.88. The summed E-state index contributed by atoms with van der Waals surface area (Å²) in [6.45, 7) is 15.7. The smallest absolute Gasteiger partial charge is 0.270 e. The largest absolute Gasteiger partial charge is 0.357 e. The van der Waals surface area contributed by atoms with Crippen molar-refractivity contribution in [1.29, 1.82) is 5.26 Å². The maximum atomic E-state index is 13.6. The van der Waals surface area contributed by atoms with Gasteiger partial charge in [0.25, 0.3) is 11.5 Å². The van der Waals surface area contributed by atoms with Crippen molar-refractivity contribution in [2.24, 2.45) is 17.8 Å². The third kappa shape index (κ3) is 6.71. The molecule has 6 nitrogen and oxygen atoms in total. The summed E-state index contributed by atoms with van der Waals surface area (Å²) in [5.41, 5.74) is 1.38. The van der Waals surface area contributed by atoms with Crippen LogP contribution in [-0.4, -0.2) is 39.3 Å². The van der Waals surface area contributed by atoms with Crippen molar-refractivity contribution in [3.05, 3.63) is 31.9 Å². The molecule has 2 aliphatic heterocycles. The van der Waals surface area contributed by atoms with Gasteiger partial charge in [-0.1, -0.05) is 84.3 Å². The number of hydrogen-bond acceptors (Lipinski definition) is 6. The summed E-state index contributed by atoms with van der Waals surface area (Å²) in [4.78, 5) is 31.8. The molecule has 0 aliphatic carbocycles. The van der Waals surface area contributed by atoms with E-state index in [1.165, 1.54) is 11.8 Å². The first-order valence-electron chi connectivity index (χ1n) is 14.3. The highest BCUT2D eigenvalue weighted by atomic mass is 32.2. The Balaban J connectivity index is 2.13. The molecule has 38 heavy (non-hydrogen) atoms. The zero-order chi connectivity index (χ0) is 28.0. The molecule has 8 heteroatoms. The molecule has 0 aromatic carbocycles. The van der Waals surface area contributed by atoms with Crippen LogP contribution in [0.4, 0.5) is 5.82 Å². The van der Waals surface area contributed by atoms with E-state index in [0.717, 1.165) is 69.4 Å². The van der Waals surface area contributed by atoms with Crippen molar-refractivity contribution in [1.82, 2.24) is 9.47 Å². The van der Waals surface area contributed by atoms with Gasteiger partial charge < -0.3 is 4.90 Å². The lowest BCUT2D eigenvalue weighted by Gasteiger charge is -2.39. The molecule has 208 valence electrons. The van der Waals surface area contributed by atoms with Gasteiger partial charge in [-0.3, -0.25) is 19.1 Å². The molecule has 2 aliphatic rings. The monoisotopic (exact) mass is 556 g/mol. The molecule has 3 heterocycles. The first-order valence-corrected chi connectivity index (χ1v) is 15.6. The molecule has 0 saturated carbocycles. The molecule has 2 fully saturated rings. The Kier molecular flexibility index (Phi) is 11.1. The number of piperidine rings is 1. The second kappa shape index (κ2) is 13.8. The number of hydrogen-bond donors (Lipinski definition) is 0. The van der Waals surface area contributed by atoms with Crippen LogP contribution >= 0.6 is 24.0 Å². The molecule has 2 saturated heterocycles. The van der Waals surface area contributed by atoms with Gasteiger partial charge in [0.15, 0.2) is 0 Å². The second-order valence-corrected chi connectivity index (χ2v) is 12.9. The van der Waals surface area contributed by atoms with Crippen LogP contribution in [0.1, 0.15) is 96.3 Å². The zero-order valence-electron chi connectivity index (χ0n) is 24.0. The van der Waals surface area contributed by atoms with Crippen molar-refractivity contribution >= 4 is 46.1 Å². The van der Waals surface area contributed by atoms with Gasteiger partial charge in [0, 0.05) is 31.7 Å². The lowest BCUT2D eigenvalue weighted by atomic mass is 9.91. The molecule has 0 N–H and O–H groups in total. The number of nitriles is 1. The number of rotatable bonds is 11. The van der Waals surface area contributed by atoms with E-state index >= 15 is 0 Å². The summed E-state index contributed by atoms with van der Waals surface area (Å²) in [5.74, 6) is 2.18. The minimum atomic E-state index is -0.231. The number of carbonyl (C=O) groups is 1. The molecular formula is C30H44N4O2S2. The van der Waals surface area contributed by atoms with E-state index in [1.807, 2.05) is 13.0 Å². The number of amides is 1. The third-order valence-corrected chi connectivity index (χ3v) is 9.26. The van der Waals surface area contributed by atoms with Gasteiger partial charge in [0.05, 0.1) is 4.91 Å². The van der Waals surface area contributed by atoms with Crippen LogP contribution in [0, 0.1) is 36.0 Å². The number of carbonyl (C=O) groups excluding carboxylic acids is 1. The highest BCUT2D eigenvalue weighted by Crippen LogP contribution is 2.38. The summed E-state index contributed by atoms with van der Waals surface area (Å²) in [7, 11) is 0. The van der Waals surface area contributed by atoms with Crippen molar-refractivity contribution in [2.45, 2.75) is 93.0 Å². The molecule has 0 radical (unpaired) electrons. The van der Waals surface area contributed by atoms with Crippen LogP contribution in [0.2, 0.25) is 0 Å². The van der Waals surface area contributed by atoms with Crippen molar-refractivity contribution in [2.75, 3.05) is 24.5 Å². The predicted octanol–water partition coefficient (Wildman–Crippen LogP) is 6.73. The van der Waals surface area contributed by atoms with Crippen LogP contribution in [0.25, 0.3) is 6.08 Å². The van der Waals surface area contributed by atoms with Gasteiger partial charge in [0.1, 0.15) is 21.8 Å². The molecule has 3 unspecified atom stereocenters. The minimum Gasteiger partial charge on any atom is -0.357 e. The number of aromatic nitrogens is 1. The number of nitrogens with zero attached hydrogens (tertiary/aromatic N) is 4. The number of unbranched alkanes of at least 4 members (excludes halogenated alkanes) is 2. The Morgan fingerprint density at radius 3 is 2.37 bits per heavy atom. The number of thioether (sulfide) groups is 1. The molecule has 1 aromatic heterocycles. The zero-order valence-corrected chi connectivity index (χ0v) is 25.6. The fourth-order valence-corrected chi connectivity index (χ4v) is 7.07. The summed E-state index contributed by atoms with van der Waals surface area (Å²) in [5, 5.41) is 9.95. The first kappa shape index (κ1) is 30.4. The maximum Gasteiger partial charge on any atom is 0.270 e. The van der Waals surface area contributed by atoms with Crippen LogP contribution in [0.3, 0.4) is 0 Å². The highest BCUT2D eigenvalue weighted by molar-refractivity contribution is 8.26. The number of anilines is 1. The fraction of sp³-hybridized carbons (Fsp3) is 0.667. The second-order valence-electron chi connectivity index (χ2n) is 11.2. The Morgan fingerprint density at radius 2 is 1.79 bits per heavy atom. The van der Waals surface area contributed by atoms with E-state index in [4.69, 9.17) is 12.2 Å². The Morgan fingerprint density at radius 1 is 1.13 bits per heavy atom. The quantitative estimate of drug-likeness (QED) is 0.222. The van der Waals surface area contributed by atoms with E-state index < -0.39 is 0 Å². The normalized spacial score (nSPS) is 21.9. The van der Waals surface area contributed by atoms with E-state index in [0.29, 0.717) is 45.6 Å². The lowest BCUT2D eigenvalue weighted by Crippen LogP contribution is -2.43. The summed E-state index contributed by atoms with van der Waals surface area (Å²) < 4.78 is 2.39. The minimum absolute atomic E-state index is 0.0644. The van der Waals surface area contributed by atoms with Crippen molar-refractivity contribution < 1.29 is 4.79 Å². The van der Waals surface area contributed by atoms with Gasteiger partial charge in [-0.15, -0.1) is 0 Å². The average Bonchev–Trinajstić information content (AvgIpc) is 3.13. The maximum absolute atomic E-state index is 13.6. The fourth-order valence-electron chi connectivity index (χ4n) is 5.81. The molecule has 1 aromatic rings. The van der Waals surface area contributed by atoms with Gasteiger partial charge in [-0.2, -0.15) is 5.26 Å².